The average molecular weight is 407 g/mol. The normalized spacial score (nSPS) is 18.5. The van der Waals surface area contributed by atoms with E-state index in [1.54, 1.807) is 24.4 Å². The molecule has 30 heavy (non-hydrogen) atoms. The van der Waals surface area contributed by atoms with E-state index in [1.165, 1.54) is 12.1 Å². The standard InChI is InChI=1S/C23H22FN3O3/c24-19-5-1-3-15(9-19)22-18(11-25-26-22)13-27-8-2-4-17(12-27)23(28)16-6-7-20-21(10-16)30-14-29-20/h1,3,5-7,9-11,17H,2,4,8,12-14H2,(H,25,26)/t17-/m1/s1. The predicted octanol–water partition coefficient (Wildman–Crippen LogP) is 4.04. The molecule has 1 aromatic heterocycles. The molecular formula is C23H22FN3O3. The van der Waals surface area contributed by atoms with Gasteiger partial charge in [-0.15, -0.1) is 0 Å². The van der Waals surface area contributed by atoms with Gasteiger partial charge in [-0.3, -0.25) is 14.8 Å². The number of ether oxygens (including phenoxy) is 2. The van der Waals surface area contributed by atoms with Gasteiger partial charge in [-0.05, 0) is 49.7 Å². The minimum Gasteiger partial charge on any atom is -0.454 e. The number of nitrogens with zero attached hydrogens (tertiary/aromatic N) is 2. The molecule has 0 aliphatic carbocycles. The van der Waals surface area contributed by atoms with Crippen molar-refractivity contribution in [3.8, 4) is 22.8 Å². The predicted molar refractivity (Wildman–Crippen MR) is 109 cm³/mol. The second-order valence-corrected chi connectivity index (χ2v) is 7.79. The number of benzene rings is 2. The Morgan fingerprint density at radius 1 is 1.20 bits per heavy atom. The molecule has 6 nitrogen and oxygen atoms in total. The van der Waals surface area contributed by atoms with Gasteiger partial charge in [0.25, 0.3) is 0 Å². The van der Waals surface area contributed by atoms with Crippen LogP contribution in [0.1, 0.15) is 28.8 Å². The number of fused-ring (bicyclic) bond motifs is 1. The summed E-state index contributed by atoms with van der Waals surface area (Å²) in [6.45, 7) is 2.45. The van der Waals surface area contributed by atoms with E-state index in [0.29, 0.717) is 30.2 Å². The van der Waals surface area contributed by atoms with Gasteiger partial charge in [0.15, 0.2) is 17.3 Å². The van der Waals surface area contributed by atoms with Gasteiger partial charge in [0.2, 0.25) is 6.79 Å². The van der Waals surface area contributed by atoms with Gasteiger partial charge >= 0.3 is 0 Å². The zero-order chi connectivity index (χ0) is 20.5. The molecule has 0 unspecified atom stereocenters. The van der Waals surface area contributed by atoms with E-state index < -0.39 is 0 Å². The fraction of sp³-hybridized carbons (Fsp3) is 0.304. The fourth-order valence-electron chi connectivity index (χ4n) is 4.26. The number of carbonyl (C=O) groups excluding carboxylic acids is 1. The maximum Gasteiger partial charge on any atom is 0.231 e. The van der Waals surface area contributed by atoms with E-state index in [0.717, 1.165) is 36.2 Å². The molecule has 0 spiro atoms. The van der Waals surface area contributed by atoms with Gasteiger partial charge in [-0.25, -0.2) is 4.39 Å². The lowest BCUT2D eigenvalue weighted by Gasteiger charge is -2.32. The number of hydrogen-bond donors (Lipinski definition) is 1. The van der Waals surface area contributed by atoms with Crippen molar-refractivity contribution in [1.82, 2.24) is 15.1 Å². The van der Waals surface area contributed by atoms with Gasteiger partial charge in [-0.2, -0.15) is 5.10 Å². The molecule has 0 saturated carbocycles. The van der Waals surface area contributed by atoms with Crippen LogP contribution in [0.15, 0.2) is 48.7 Å². The molecular weight excluding hydrogens is 385 g/mol. The first-order valence-electron chi connectivity index (χ1n) is 10.1. The molecule has 154 valence electrons. The zero-order valence-corrected chi connectivity index (χ0v) is 16.4. The summed E-state index contributed by atoms with van der Waals surface area (Å²) in [5.74, 6) is 1.10. The molecule has 7 heteroatoms. The molecule has 2 aliphatic rings. The van der Waals surface area contributed by atoms with Crippen LogP contribution in [0.3, 0.4) is 0 Å². The van der Waals surface area contributed by atoms with Crippen LogP contribution in [-0.4, -0.2) is 40.8 Å². The second kappa shape index (κ2) is 7.91. The van der Waals surface area contributed by atoms with Crippen molar-refractivity contribution in [2.75, 3.05) is 19.9 Å². The van der Waals surface area contributed by atoms with Gasteiger partial charge < -0.3 is 9.47 Å². The third kappa shape index (κ3) is 3.68. The number of piperidine rings is 1. The molecule has 1 saturated heterocycles. The number of carbonyl (C=O) groups is 1. The summed E-state index contributed by atoms with van der Waals surface area (Å²) in [7, 11) is 0. The number of Topliss-reactive ketones (excluding diaryl/α,β-unsaturated/α-hetero) is 1. The summed E-state index contributed by atoms with van der Waals surface area (Å²) in [5, 5.41) is 7.15. The summed E-state index contributed by atoms with van der Waals surface area (Å²) in [5.41, 5.74) is 3.25. The molecule has 2 aliphatic heterocycles. The first kappa shape index (κ1) is 18.8. The van der Waals surface area contributed by atoms with E-state index >= 15 is 0 Å². The Hall–Kier alpha value is -3.19. The molecule has 1 fully saturated rings. The van der Waals surface area contributed by atoms with Gasteiger partial charge in [0.05, 0.1) is 11.9 Å². The lowest BCUT2D eigenvalue weighted by molar-refractivity contribution is 0.0811. The largest absolute Gasteiger partial charge is 0.454 e. The van der Waals surface area contributed by atoms with Crippen LogP contribution >= 0.6 is 0 Å². The van der Waals surface area contributed by atoms with Crippen LogP contribution < -0.4 is 9.47 Å². The van der Waals surface area contributed by atoms with Crippen LogP contribution in [0.5, 0.6) is 11.5 Å². The molecule has 1 N–H and O–H groups in total. The molecule has 2 aromatic carbocycles. The molecule has 0 amide bonds. The highest BCUT2D eigenvalue weighted by Crippen LogP contribution is 2.34. The lowest BCUT2D eigenvalue weighted by Crippen LogP contribution is -2.38. The highest BCUT2D eigenvalue weighted by molar-refractivity contribution is 5.98. The zero-order valence-electron chi connectivity index (χ0n) is 16.4. The second-order valence-electron chi connectivity index (χ2n) is 7.79. The first-order chi connectivity index (χ1) is 14.7. The number of H-pyrrole nitrogens is 1. The number of nitrogens with one attached hydrogen (secondary N) is 1. The smallest absolute Gasteiger partial charge is 0.231 e. The van der Waals surface area contributed by atoms with Crippen molar-refractivity contribution in [1.29, 1.82) is 0 Å². The van der Waals surface area contributed by atoms with Gasteiger partial charge in [0, 0.05) is 35.7 Å². The van der Waals surface area contributed by atoms with E-state index in [1.807, 2.05) is 12.1 Å². The van der Waals surface area contributed by atoms with E-state index in [9.17, 15) is 9.18 Å². The van der Waals surface area contributed by atoms with Crippen molar-refractivity contribution in [2.45, 2.75) is 19.4 Å². The number of rotatable bonds is 5. The number of aromatic amines is 1. The van der Waals surface area contributed by atoms with Crippen molar-refractivity contribution in [2.24, 2.45) is 5.92 Å². The molecule has 0 radical (unpaired) electrons. The Morgan fingerprint density at radius 2 is 2.10 bits per heavy atom. The number of hydrogen-bond acceptors (Lipinski definition) is 5. The Labute approximate surface area is 173 Å². The highest BCUT2D eigenvalue weighted by Gasteiger charge is 2.28. The molecule has 3 aromatic rings. The number of aromatic nitrogens is 2. The summed E-state index contributed by atoms with van der Waals surface area (Å²) in [4.78, 5) is 15.4. The number of likely N-dealkylation sites (tertiary alicyclic amines) is 1. The van der Waals surface area contributed by atoms with Crippen LogP contribution in [0.25, 0.3) is 11.3 Å². The third-order valence-electron chi connectivity index (χ3n) is 5.76. The minimum atomic E-state index is -0.277. The topological polar surface area (TPSA) is 67.5 Å². The van der Waals surface area contributed by atoms with E-state index in [2.05, 4.69) is 15.1 Å². The van der Waals surface area contributed by atoms with Crippen LogP contribution in [0.4, 0.5) is 4.39 Å². The maximum atomic E-state index is 13.6. The van der Waals surface area contributed by atoms with Gasteiger partial charge in [0.1, 0.15) is 5.82 Å². The third-order valence-corrected chi connectivity index (χ3v) is 5.76. The number of halogens is 1. The average Bonchev–Trinajstić information content (AvgIpc) is 3.42. The summed E-state index contributed by atoms with van der Waals surface area (Å²) >= 11 is 0. The quantitative estimate of drug-likeness (QED) is 0.647. The highest BCUT2D eigenvalue weighted by atomic mass is 19.1. The van der Waals surface area contributed by atoms with Crippen molar-refractivity contribution in [3.05, 3.63) is 65.6 Å². The fourth-order valence-corrected chi connectivity index (χ4v) is 4.26. The summed E-state index contributed by atoms with van der Waals surface area (Å²) in [6, 6.07) is 11.9. The van der Waals surface area contributed by atoms with E-state index in [-0.39, 0.29) is 24.3 Å². The van der Waals surface area contributed by atoms with Crippen molar-refractivity contribution < 1.29 is 18.7 Å². The maximum absolute atomic E-state index is 13.6. The Bertz CT molecular complexity index is 1080. The Kier molecular flexibility index (Phi) is 4.96. The lowest BCUT2D eigenvalue weighted by atomic mass is 9.89. The molecule has 0 bridgehead atoms. The molecule has 5 rings (SSSR count). The van der Waals surface area contributed by atoms with Crippen LogP contribution in [0.2, 0.25) is 0 Å². The van der Waals surface area contributed by atoms with Gasteiger partial charge in [-0.1, -0.05) is 12.1 Å². The molecule has 1 atom stereocenters. The number of ketones is 1. The minimum absolute atomic E-state index is 0.0661. The SMILES string of the molecule is O=C(c1ccc2c(c1)OCO2)[C@@H]1CCCN(Cc2cn[nH]c2-c2cccc(F)c2)C1. The van der Waals surface area contributed by atoms with Crippen molar-refractivity contribution in [3.63, 3.8) is 0 Å². The van der Waals surface area contributed by atoms with E-state index in [4.69, 9.17) is 9.47 Å². The summed E-state index contributed by atoms with van der Waals surface area (Å²) in [6.07, 6.45) is 3.60. The monoisotopic (exact) mass is 407 g/mol. The first-order valence-corrected chi connectivity index (χ1v) is 10.1. The van der Waals surface area contributed by atoms with Crippen LogP contribution in [0, 0.1) is 11.7 Å². The molecule has 3 heterocycles. The van der Waals surface area contributed by atoms with Crippen LogP contribution in [-0.2, 0) is 6.54 Å². The van der Waals surface area contributed by atoms with Crippen molar-refractivity contribution >= 4 is 5.78 Å². The summed E-state index contributed by atoms with van der Waals surface area (Å²) < 4.78 is 24.4. The Morgan fingerprint density at radius 3 is 3.00 bits per heavy atom. The Balaban J connectivity index is 1.30.